The maximum atomic E-state index is 12.8. The fraction of sp³-hybridized carbons (Fsp3) is 0. The number of carbonyl (C=O) groups excluding carboxylic acids is 5. The van der Waals surface area contributed by atoms with Crippen LogP contribution in [0.25, 0.3) is 6.08 Å². The van der Waals surface area contributed by atoms with Crippen LogP contribution in [0.4, 0.5) is 0 Å². The maximum Gasteiger partial charge on any atom is 0.335 e. The van der Waals surface area contributed by atoms with Gasteiger partial charge in [-0.25, -0.2) is 19.2 Å². The summed E-state index contributed by atoms with van der Waals surface area (Å²) in [5.41, 5.74) is 0.379. The highest BCUT2D eigenvalue weighted by atomic mass is 16.6. The first-order chi connectivity index (χ1) is 17.2. The van der Waals surface area contributed by atoms with Gasteiger partial charge in [0.1, 0.15) is 11.5 Å². The van der Waals surface area contributed by atoms with Gasteiger partial charge in [0.05, 0.1) is 0 Å². The molecule has 9 heteroatoms. The highest BCUT2D eigenvalue weighted by Gasteiger charge is 2.15. The lowest BCUT2D eigenvalue weighted by Crippen LogP contribution is -2.09. The van der Waals surface area contributed by atoms with Gasteiger partial charge in [0.25, 0.3) is 0 Å². The van der Waals surface area contributed by atoms with Crippen molar-refractivity contribution >= 4 is 35.7 Å². The van der Waals surface area contributed by atoms with Crippen molar-refractivity contribution in [2.75, 3.05) is 0 Å². The van der Waals surface area contributed by atoms with E-state index in [1.807, 2.05) is 0 Å². The van der Waals surface area contributed by atoms with Gasteiger partial charge in [0, 0.05) is 41.5 Å². The molecule has 2 rings (SSSR count). The van der Waals surface area contributed by atoms with Crippen molar-refractivity contribution < 1.29 is 42.9 Å². The molecule has 0 unspecified atom stereocenters. The first-order valence-corrected chi connectivity index (χ1v) is 10.1. The van der Waals surface area contributed by atoms with Crippen molar-refractivity contribution in [3.05, 3.63) is 104 Å². The molecule has 36 heavy (non-hydrogen) atoms. The summed E-state index contributed by atoms with van der Waals surface area (Å²) in [5.74, 6) is -3.89. The maximum absolute atomic E-state index is 12.8. The zero-order chi connectivity index (χ0) is 26.7. The Morgan fingerprint density at radius 3 is 1.69 bits per heavy atom. The van der Waals surface area contributed by atoms with Gasteiger partial charge in [0.2, 0.25) is 0 Å². The number of ketones is 1. The van der Waals surface area contributed by atoms with Gasteiger partial charge in [-0.3, -0.25) is 4.79 Å². The molecule has 0 atom stereocenters. The molecular weight excluding hydrogens is 468 g/mol. The molecule has 0 radical (unpaired) electrons. The number of benzene rings is 2. The average molecular weight is 488 g/mol. The zero-order valence-corrected chi connectivity index (χ0v) is 18.9. The van der Waals surface area contributed by atoms with Gasteiger partial charge >= 0.3 is 23.9 Å². The molecule has 0 amide bonds. The SMILES string of the molecule is C=CC(=O)Oc1ccc(/C=C/C(=O)c2ccc(OC(=O)C=C)c(OC(=O)C=C)c2)c(OC(=O)C=C)c1. The largest absolute Gasteiger partial charge is 0.423 e. The Labute approximate surface area is 206 Å². The first-order valence-electron chi connectivity index (χ1n) is 10.1. The number of carbonyl (C=O) groups is 5. The summed E-state index contributed by atoms with van der Waals surface area (Å²) in [7, 11) is 0. The Balaban J connectivity index is 2.38. The van der Waals surface area contributed by atoms with E-state index in [1.54, 1.807) is 0 Å². The van der Waals surface area contributed by atoms with Crippen molar-refractivity contribution in [2.24, 2.45) is 0 Å². The standard InChI is InChI=1S/C27H20O9/c1-5-24(29)33-19-12-9-17(22(16-19)35-26(31)7-3)10-13-20(28)18-11-14-21(34-25(30)6-2)23(15-18)36-27(32)8-4/h5-16H,1-4H2/b13-10+. The monoisotopic (exact) mass is 488 g/mol. The summed E-state index contributed by atoms with van der Waals surface area (Å²) in [5, 5.41) is 0. The minimum absolute atomic E-state index is 0.00870. The molecule has 0 spiro atoms. The molecule has 0 aliphatic carbocycles. The van der Waals surface area contributed by atoms with Crippen LogP contribution in [0.2, 0.25) is 0 Å². The molecule has 0 saturated carbocycles. The van der Waals surface area contributed by atoms with Crippen molar-refractivity contribution in [3.8, 4) is 23.0 Å². The Bertz CT molecular complexity index is 1300. The van der Waals surface area contributed by atoms with Crippen molar-refractivity contribution in [1.29, 1.82) is 0 Å². The van der Waals surface area contributed by atoms with Crippen LogP contribution in [0.15, 0.2) is 93.1 Å². The summed E-state index contributed by atoms with van der Waals surface area (Å²) < 4.78 is 20.3. The van der Waals surface area contributed by atoms with E-state index < -0.39 is 29.7 Å². The molecule has 182 valence electrons. The number of ether oxygens (including phenoxy) is 4. The predicted octanol–water partition coefficient (Wildman–Crippen LogP) is 3.95. The van der Waals surface area contributed by atoms with Crippen LogP contribution >= 0.6 is 0 Å². The number of rotatable bonds is 11. The third kappa shape index (κ3) is 7.63. The van der Waals surface area contributed by atoms with Crippen LogP contribution in [-0.4, -0.2) is 29.7 Å². The fourth-order valence-electron chi connectivity index (χ4n) is 2.50. The van der Waals surface area contributed by atoms with Crippen molar-refractivity contribution in [2.45, 2.75) is 0 Å². The van der Waals surface area contributed by atoms with Crippen LogP contribution < -0.4 is 18.9 Å². The number of hydrogen-bond acceptors (Lipinski definition) is 9. The third-order valence-electron chi connectivity index (χ3n) is 4.14. The minimum atomic E-state index is -0.836. The van der Waals surface area contributed by atoms with Gasteiger partial charge in [0.15, 0.2) is 17.3 Å². The first kappa shape index (κ1) is 26.9. The molecule has 0 saturated heterocycles. The molecule has 0 N–H and O–H groups in total. The van der Waals surface area contributed by atoms with E-state index in [9.17, 15) is 24.0 Å². The lowest BCUT2D eigenvalue weighted by Gasteiger charge is -2.10. The lowest BCUT2D eigenvalue weighted by molar-refractivity contribution is -0.131. The van der Waals surface area contributed by atoms with Gasteiger partial charge in [-0.2, -0.15) is 0 Å². The molecule has 0 aliphatic rings. The van der Waals surface area contributed by atoms with E-state index >= 15 is 0 Å². The smallest absolute Gasteiger partial charge is 0.335 e. The molecule has 0 bridgehead atoms. The second kappa shape index (κ2) is 12.8. The highest BCUT2D eigenvalue weighted by Crippen LogP contribution is 2.30. The normalized spacial score (nSPS) is 10.0. The second-order valence-electron chi connectivity index (χ2n) is 6.56. The lowest BCUT2D eigenvalue weighted by atomic mass is 10.1. The predicted molar refractivity (Wildman–Crippen MR) is 130 cm³/mol. The van der Waals surface area contributed by atoms with Crippen LogP contribution in [0, 0.1) is 0 Å². The van der Waals surface area contributed by atoms with Gasteiger partial charge < -0.3 is 18.9 Å². The molecule has 9 nitrogen and oxygen atoms in total. The third-order valence-corrected chi connectivity index (χ3v) is 4.14. The Morgan fingerprint density at radius 2 is 1.11 bits per heavy atom. The number of hydrogen-bond donors (Lipinski definition) is 0. The average Bonchev–Trinajstić information content (AvgIpc) is 2.88. The quantitative estimate of drug-likeness (QED) is 0.200. The van der Waals surface area contributed by atoms with E-state index in [4.69, 9.17) is 18.9 Å². The van der Waals surface area contributed by atoms with E-state index in [0.29, 0.717) is 5.56 Å². The summed E-state index contributed by atoms with van der Waals surface area (Å²) >= 11 is 0. The second-order valence-corrected chi connectivity index (χ2v) is 6.56. The highest BCUT2D eigenvalue weighted by molar-refractivity contribution is 6.07. The molecule has 2 aromatic rings. The number of allylic oxidation sites excluding steroid dienone is 1. The van der Waals surface area contributed by atoms with Gasteiger partial charge in [-0.05, 0) is 42.5 Å². The zero-order valence-electron chi connectivity index (χ0n) is 18.9. The molecule has 0 aromatic heterocycles. The molecule has 2 aromatic carbocycles. The number of esters is 4. The molecule has 0 fully saturated rings. The summed E-state index contributed by atoms with van der Waals surface area (Å²) in [4.78, 5) is 59.2. The van der Waals surface area contributed by atoms with Crippen molar-refractivity contribution in [1.82, 2.24) is 0 Å². The fourth-order valence-corrected chi connectivity index (χ4v) is 2.50. The molecule has 0 aliphatic heterocycles. The van der Waals surface area contributed by atoms with Crippen molar-refractivity contribution in [3.63, 3.8) is 0 Å². The van der Waals surface area contributed by atoms with E-state index in [-0.39, 0.29) is 28.6 Å². The molecule has 0 heterocycles. The topological polar surface area (TPSA) is 122 Å². The molecular formula is C27H20O9. The minimum Gasteiger partial charge on any atom is -0.423 e. The van der Waals surface area contributed by atoms with Crippen LogP contribution in [-0.2, 0) is 19.2 Å². The van der Waals surface area contributed by atoms with Crippen LogP contribution in [0.3, 0.4) is 0 Å². The Hall–Kier alpha value is -5.31. The van der Waals surface area contributed by atoms with Crippen LogP contribution in [0.1, 0.15) is 15.9 Å². The Morgan fingerprint density at radius 1 is 0.583 bits per heavy atom. The van der Waals surface area contributed by atoms with E-state index in [1.165, 1.54) is 48.6 Å². The summed E-state index contributed by atoms with van der Waals surface area (Å²) in [6, 6.07) is 7.98. The summed E-state index contributed by atoms with van der Waals surface area (Å²) in [6.07, 6.45) is 6.24. The van der Waals surface area contributed by atoms with Crippen LogP contribution in [0.5, 0.6) is 23.0 Å². The summed E-state index contributed by atoms with van der Waals surface area (Å²) in [6.45, 7) is 13.2. The van der Waals surface area contributed by atoms with E-state index in [2.05, 4.69) is 26.3 Å². The Kier molecular flexibility index (Phi) is 9.58. The van der Waals surface area contributed by atoms with Gasteiger partial charge in [-0.1, -0.05) is 26.3 Å². The van der Waals surface area contributed by atoms with E-state index in [0.717, 1.165) is 24.3 Å². The van der Waals surface area contributed by atoms with Gasteiger partial charge in [-0.15, -0.1) is 0 Å².